The monoisotopic (exact) mass is 298 g/mol. The Balaban J connectivity index is 2.09. The SMILES string of the molecule is Cc1ccc(C)c(C(=O)COC(=O)c2cccc(C)c2O)c1. The summed E-state index contributed by atoms with van der Waals surface area (Å²) < 4.78 is 5.03. The predicted octanol–water partition coefficient (Wildman–Crippen LogP) is 3.36. The van der Waals surface area contributed by atoms with E-state index < -0.39 is 5.97 Å². The van der Waals surface area contributed by atoms with E-state index in [0.717, 1.165) is 11.1 Å². The summed E-state index contributed by atoms with van der Waals surface area (Å²) in [6.07, 6.45) is 0. The lowest BCUT2D eigenvalue weighted by Crippen LogP contribution is -2.15. The lowest BCUT2D eigenvalue weighted by Gasteiger charge is -2.09. The Kier molecular flexibility index (Phi) is 4.61. The first kappa shape index (κ1) is 15.8. The number of ether oxygens (including phenoxy) is 1. The van der Waals surface area contributed by atoms with E-state index >= 15 is 0 Å². The summed E-state index contributed by atoms with van der Waals surface area (Å²) in [7, 11) is 0. The van der Waals surface area contributed by atoms with Gasteiger partial charge in [0.25, 0.3) is 0 Å². The van der Waals surface area contributed by atoms with Gasteiger partial charge in [0.15, 0.2) is 6.61 Å². The second-order valence-corrected chi connectivity index (χ2v) is 5.29. The van der Waals surface area contributed by atoms with Crippen LogP contribution in [0.25, 0.3) is 0 Å². The van der Waals surface area contributed by atoms with E-state index in [9.17, 15) is 14.7 Å². The summed E-state index contributed by atoms with van der Waals surface area (Å²) in [6, 6.07) is 10.4. The normalized spacial score (nSPS) is 10.3. The highest BCUT2D eigenvalue weighted by atomic mass is 16.5. The van der Waals surface area contributed by atoms with E-state index in [2.05, 4.69) is 0 Å². The minimum atomic E-state index is -0.708. The van der Waals surface area contributed by atoms with Gasteiger partial charge in [0.2, 0.25) is 5.78 Å². The van der Waals surface area contributed by atoms with Crippen molar-refractivity contribution in [1.82, 2.24) is 0 Å². The standard InChI is InChI=1S/C18H18O4/c1-11-7-8-12(2)15(9-11)16(19)10-22-18(21)14-6-4-5-13(3)17(14)20/h4-9,20H,10H2,1-3H3. The molecule has 0 spiro atoms. The summed E-state index contributed by atoms with van der Waals surface area (Å²) in [5.74, 6) is -1.09. The second-order valence-electron chi connectivity index (χ2n) is 5.29. The Labute approximate surface area is 129 Å². The second kappa shape index (κ2) is 6.43. The van der Waals surface area contributed by atoms with Crippen LogP contribution in [0.5, 0.6) is 5.75 Å². The van der Waals surface area contributed by atoms with Crippen LogP contribution in [-0.2, 0) is 4.74 Å². The molecule has 2 aromatic rings. The number of carbonyl (C=O) groups is 2. The first-order valence-corrected chi connectivity index (χ1v) is 6.96. The molecule has 114 valence electrons. The molecule has 22 heavy (non-hydrogen) atoms. The van der Waals surface area contributed by atoms with E-state index in [0.29, 0.717) is 11.1 Å². The average Bonchev–Trinajstić information content (AvgIpc) is 2.49. The zero-order valence-corrected chi connectivity index (χ0v) is 12.8. The molecule has 0 aliphatic rings. The number of phenols is 1. The number of Topliss-reactive ketones (excluding diaryl/α,β-unsaturated/α-hetero) is 1. The molecular formula is C18H18O4. The number of benzene rings is 2. The molecule has 0 aliphatic carbocycles. The predicted molar refractivity (Wildman–Crippen MR) is 83.4 cm³/mol. The first-order chi connectivity index (χ1) is 10.4. The molecule has 4 nitrogen and oxygen atoms in total. The van der Waals surface area contributed by atoms with Crippen molar-refractivity contribution < 1.29 is 19.4 Å². The number of rotatable bonds is 4. The third kappa shape index (κ3) is 3.34. The van der Waals surface area contributed by atoms with Crippen molar-refractivity contribution in [3.63, 3.8) is 0 Å². The van der Waals surface area contributed by atoms with E-state index in [1.54, 1.807) is 25.1 Å². The van der Waals surface area contributed by atoms with E-state index in [-0.39, 0.29) is 23.7 Å². The lowest BCUT2D eigenvalue weighted by molar-refractivity contribution is 0.0471. The molecule has 0 aromatic heterocycles. The van der Waals surface area contributed by atoms with Crippen molar-refractivity contribution >= 4 is 11.8 Å². The van der Waals surface area contributed by atoms with Gasteiger partial charge in [-0.25, -0.2) is 4.79 Å². The summed E-state index contributed by atoms with van der Waals surface area (Å²) in [5.41, 5.74) is 2.99. The van der Waals surface area contributed by atoms with Crippen LogP contribution in [0.2, 0.25) is 0 Å². The number of esters is 1. The van der Waals surface area contributed by atoms with Gasteiger partial charge in [-0.1, -0.05) is 29.8 Å². The zero-order valence-electron chi connectivity index (χ0n) is 12.8. The van der Waals surface area contributed by atoms with Crippen LogP contribution in [0, 0.1) is 20.8 Å². The van der Waals surface area contributed by atoms with Gasteiger partial charge in [-0.2, -0.15) is 0 Å². The fourth-order valence-electron chi connectivity index (χ4n) is 2.15. The van der Waals surface area contributed by atoms with Gasteiger partial charge in [0.1, 0.15) is 11.3 Å². The number of carbonyl (C=O) groups excluding carboxylic acids is 2. The van der Waals surface area contributed by atoms with Gasteiger partial charge in [-0.3, -0.25) is 4.79 Å². The molecule has 0 atom stereocenters. The number of aromatic hydroxyl groups is 1. The summed E-state index contributed by atoms with van der Waals surface area (Å²) >= 11 is 0. The number of hydrogen-bond acceptors (Lipinski definition) is 4. The molecule has 0 saturated heterocycles. The molecule has 1 N–H and O–H groups in total. The van der Waals surface area contributed by atoms with Gasteiger partial charge >= 0.3 is 5.97 Å². The fourth-order valence-corrected chi connectivity index (χ4v) is 2.15. The third-order valence-electron chi connectivity index (χ3n) is 3.49. The molecule has 0 fully saturated rings. The van der Waals surface area contributed by atoms with Gasteiger partial charge in [0, 0.05) is 5.56 Å². The van der Waals surface area contributed by atoms with Crippen molar-refractivity contribution in [3.8, 4) is 5.75 Å². The van der Waals surface area contributed by atoms with Crippen LogP contribution < -0.4 is 0 Å². The molecular weight excluding hydrogens is 280 g/mol. The topological polar surface area (TPSA) is 63.6 Å². The van der Waals surface area contributed by atoms with Gasteiger partial charge < -0.3 is 9.84 Å². The van der Waals surface area contributed by atoms with E-state index in [1.807, 2.05) is 26.0 Å². The highest BCUT2D eigenvalue weighted by Gasteiger charge is 2.17. The quantitative estimate of drug-likeness (QED) is 0.694. The number of ketones is 1. The van der Waals surface area contributed by atoms with Gasteiger partial charge in [-0.15, -0.1) is 0 Å². The number of aryl methyl sites for hydroxylation is 3. The molecule has 0 saturated carbocycles. The Morgan fingerprint density at radius 1 is 1.00 bits per heavy atom. The molecule has 0 aliphatic heterocycles. The largest absolute Gasteiger partial charge is 0.507 e. The van der Waals surface area contributed by atoms with Crippen LogP contribution in [0.3, 0.4) is 0 Å². The van der Waals surface area contributed by atoms with Crippen LogP contribution in [0.15, 0.2) is 36.4 Å². The highest BCUT2D eigenvalue weighted by Crippen LogP contribution is 2.22. The van der Waals surface area contributed by atoms with Crippen molar-refractivity contribution in [3.05, 3.63) is 64.2 Å². The Morgan fingerprint density at radius 2 is 1.73 bits per heavy atom. The Bertz CT molecular complexity index is 718. The Morgan fingerprint density at radius 3 is 2.45 bits per heavy atom. The van der Waals surface area contributed by atoms with Crippen molar-refractivity contribution in [2.45, 2.75) is 20.8 Å². The first-order valence-electron chi connectivity index (χ1n) is 6.96. The van der Waals surface area contributed by atoms with Crippen molar-refractivity contribution in [1.29, 1.82) is 0 Å². The maximum atomic E-state index is 12.2. The van der Waals surface area contributed by atoms with E-state index in [1.165, 1.54) is 6.07 Å². The van der Waals surface area contributed by atoms with Crippen LogP contribution in [0.4, 0.5) is 0 Å². The lowest BCUT2D eigenvalue weighted by atomic mass is 10.0. The molecule has 2 aromatic carbocycles. The minimum Gasteiger partial charge on any atom is -0.507 e. The number of para-hydroxylation sites is 1. The van der Waals surface area contributed by atoms with Crippen LogP contribution in [0.1, 0.15) is 37.4 Å². The maximum Gasteiger partial charge on any atom is 0.342 e. The van der Waals surface area contributed by atoms with Gasteiger partial charge in [-0.05, 0) is 44.0 Å². The van der Waals surface area contributed by atoms with E-state index in [4.69, 9.17) is 4.74 Å². The third-order valence-corrected chi connectivity index (χ3v) is 3.49. The molecule has 2 rings (SSSR count). The fraction of sp³-hybridized carbons (Fsp3) is 0.222. The molecule has 0 radical (unpaired) electrons. The molecule has 0 unspecified atom stereocenters. The molecule has 0 bridgehead atoms. The smallest absolute Gasteiger partial charge is 0.342 e. The van der Waals surface area contributed by atoms with Crippen molar-refractivity contribution in [2.75, 3.05) is 6.61 Å². The molecule has 4 heteroatoms. The van der Waals surface area contributed by atoms with Crippen LogP contribution >= 0.6 is 0 Å². The molecule has 0 amide bonds. The van der Waals surface area contributed by atoms with Crippen molar-refractivity contribution in [2.24, 2.45) is 0 Å². The summed E-state index contributed by atoms with van der Waals surface area (Å²) in [6.45, 7) is 5.07. The highest BCUT2D eigenvalue weighted by molar-refractivity contribution is 6.01. The summed E-state index contributed by atoms with van der Waals surface area (Å²) in [4.78, 5) is 24.1. The average molecular weight is 298 g/mol. The minimum absolute atomic E-state index is 0.0637. The molecule has 0 heterocycles. The summed E-state index contributed by atoms with van der Waals surface area (Å²) in [5, 5.41) is 9.84. The Hall–Kier alpha value is -2.62. The van der Waals surface area contributed by atoms with Crippen LogP contribution in [-0.4, -0.2) is 23.5 Å². The maximum absolute atomic E-state index is 12.2. The van der Waals surface area contributed by atoms with Gasteiger partial charge in [0.05, 0.1) is 0 Å². The number of phenolic OH excluding ortho intramolecular Hbond substituents is 1. The zero-order chi connectivity index (χ0) is 16.3. The number of hydrogen-bond donors (Lipinski definition) is 1.